The lowest BCUT2D eigenvalue weighted by Gasteiger charge is -2.08. The molecule has 0 aliphatic carbocycles. The monoisotopic (exact) mass is 494 g/mol. The third-order valence-corrected chi connectivity index (χ3v) is 8.16. The van der Waals surface area contributed by atoms with Crippen molar-refractivity contribution in [2.75, 3.05) is 12.5 Å². The van der Waals surface area contributed by atoms with Gasteiger partial charge in [-0.2, -0.15) is 10.4 Å². The molecule has 3 heterocycles. The van der Waals surface area contributed by atoms with Crippen molar-refractivity contribution >= 4 is 47.7 Å². The number of methoxy groups -OCH3 is 1. The number of carbonyl (C=O) groups is 1. The lowest BCUT2D eigenvalue weighted by molar-refractivity contribution is 0.0607. The Hall–Kier alpha value is -3.54. The lowest BCUT2D eigenvalue weighted by atomic mass is 10.4. The summed E-state index contributed by atoms with van der Waals surface area (Å²) in [6, 6.07) is 8.50. The van der Waals surface area contributed by atoms with Gasteiger partial charge < -0.3 is 9.15 Å². The Balaban J connectivity index is 2.05. The Morgan fingerprint density at radius 1 is 1.28 bits per heavy atom. The first-order valence-corrected chi connectivity index (χ1v) is 12.6. The summed E-state index contributed by atoms with van der Waals surface area (Å²) in [6.45, 7) is 0. The Labute approximate surface area is 186 Å². The number of thiophene rings is 1. The van der Waals surface area contributed by atoms with E-state index >= 15 is 0 Å². The quantitative estimate of drug-likeness (QED) is 0.222. The van der Waals surface area contributed by atoms with Crippen molar-refractivity contribution in [1.29, 1.82) is 5.26 Å². The molecule has 0 fully saturated rings. The van der Waals surface area contributed by atoms with Crippen LogP contribution in [0.1, 0.15) is 15.4 Å². The number of aromatic nitrogens is 1. The summed E-state index contributed by atoms with van der Waals surface area (Å²) in [5.41, 5.74) is 1.93. The molecule has 0 unspecified atom stereocenters. The number of esters is 1. The first kappa shape index (κ1) is 23.1. The molecule has 3 aromatic heterocycles. The minimum absolute atomic E-state index is 0.153. The smallest absolute Gasteiger partial charge is 0.350 e. The van der Waals surface area contributed by atoms with Crippen LogP contribution in [0.25, 0.3) is 0 Å². The third-order valence-electron chi connectivity index (χ3n) is 3.91. The van der Waals surface area contributed by atoms with E-state index in [-0.39, 0.29) is 21.2 Å². The van der Waals surface area contributed by atoms with Crippen molar-refractivity contribution in [3.05, 3.63) is 58.8 Å². The van der Waals surface area contributed by atoms with E-state index in [1.165, 1.54) is 54.2 Å². The van der Waals surface area contributed by atoms with Crippen LogP contribution in [-0.4, -0.2) is 39.9 Å². The number of carbonyl (C=O) groups excluding carboxylic acids is 1. The summed E-state index contributed by atoms with van der Waals surface area (Å²) in [7, 11) is -7.34. The van der Waals surface area contributed by atoms with Crippen LogP contribution in [0.3, 0.4) is 0 Å². The molecule has 32 heavy (non-hydrogen) atoms. The number of hydrazone groups is 1. The number of hydrogen-bond donors (Lipinski definition) is 1. The van der Waals surface area contributed by atoms with Crippen LogP contribution in [0, 0.1) is 11.3 Å². The summed E-state index contributed by atoms with van der Waals surface area (Å²) in [4.78, 5) is 15.3. The van der Waals surface area contributed by atoms with Gasteiger partial charge in [0, 0.05) is 11.6 Å². The predicted molar refractivity (Wildman–Crippen MR) is 113 cm³/mol. The number of nitrogens with zero attached hydrogens (tertiary/aromatic N) is 3. The van der Waals surface area contributed by atoms with Crippen LogP contribution in [0.5, 0.6) is 0 Å². The summed E-state index contributed by atoms with van der Waals surface area (Å²) >= 11 is 0.751. The molecule has 11 nitrogen and oxygen atoms in total. The van der Waals surface area contributed by atoms with Gasteiger partial charge in [-0.25, -0.2) is 26.6 Å². The zero-order valence-electron chi connectivity index (χ0n) is 16.3. The van der Waals surface area contributed by atoms with Crippen LogP contribution in [0.15, 0.2) is 67.6 Å². The van der Waals surface area contributed by atoms with Gasteiger partial charge in [-0.15, -0.1) is 11.3 Å². The number of rotatable bonds is 7. The van der Waals surface area contributed by atoms with Crippen molar-refractivity contribution < 1.29 is 30.8 Å². The van der Waals surface area contributed by atoms with Gasteiger partial charge in [-0.3, -0.25) is 5.43 Å². The molecule has 0 spiro atoms. The van der Waals surface area contributed by atoms with Crippen molar-refractivity contribution in [2.24, 2.45) is 5.10 Å². The first-order valence-electron chi connectivity index (χ1n) is 8.55. The Kier molecular flexibility index (Phi) is 6.72. The number of pyridine rings is 1. The number of nitriles is 1. The summed E-state index contributed by atoms with van der Waals surface area (Å²) in [5, 5.41) is 12.7. The van der Waals surface area contributed by atoms with Gasteiger partial charge in [0.25, 0.3) is 14.9 Å². The number of hydrogen-bond acceptors (Lipinski definition) is 12. The number of ether oxygens (including phenoxy) is 1. The molecule has 0 aliphatic rings. The summed E-state index contributed by atoms with van der Waals surface area (Å²) in [6.07, 6.45) is 2.53. The second-order valence-electron chi connectivity index (χ2n) is 5.95. The highest BCUT2D eigenvalue weighted by atomic mass is 32.2. The van der Waals surface area contributed by atoms with E-state index in [1.54, 1.807) is 0 Å². The minimum Gasteiger partial charge on any atom is -0.468 e. The van der Waals surface area contributed by atoms with Crippen molar-refractivity contribution in [3.63, 3.8) is 0 Å². The first-order chi connectivity index (χ1) is 15.2. The van der Waals surface area contributed by atoms with E-state index in [0.717, 1.165) is 18.4 Å². The van der Waals surface area contributed by atoms with E-state index in [1.807, 2.05) is 0 Å². The van der Waals surface area contributed by atoms with Crippen LogP contribution in [0.4, 0.5) is 5.69 Å². The van der Waals surface area contributed by atoms with Crippen LogP contribution in [-0.2, 0) is 30.2 Å². The molecule has 0 atom stereocenters. The fourth-order valence-corrected chi connectivity index (χ4v) is 6.12. The van der Waals surface area contributed by atoms with Crippen molar-refractivity contribution in [1.82, 2.24) is 4.98 Å². The second kappa shape index (κ2) is 9.30. The highest BCUT2D eigenvalue weighted by molar-refractivity contribution is 8.07. The van der Waals surface area contributed by atoms with Gasteiger partial charge in [0.1, 0.15) is 33.0 Å². The third kappa shape index (κ3) is 4.69. The lowest BCUT2D eigenvalue weighted by Crippen LogP contribution is -2.17. The minimum atomic E-state index is -4.39. The fourth-order valence-electron chi connectivity index (χ4n) is 2.44. The molecule has 3 aromatic rings. The molecule has 166 valence electrons. The van der Waals surface area contributed by atoms with Gasteiger partial charge in [0.05, 0.1) is 13.4 Å². The normalized spacial score (nSPS) is 12.2. The number of nitrogens with one attached hydrogen (secondary N) is 1. The molecule has 0 aliphatic heterocycles. The van der Waals surface area contributed by atoms with E-state index in [4.69, 9.17) is 4.42 Å². The van der Waals surface area contributed by atoms with Crippen LogP contribution >= 0.6 is 11.3 Å². The summed E-state index contributed by atoms with van der Waals surface area (Å²) in [5.74, 6) is -1.24. The molecular formula is C18H14N4O7S3. The van der Waals surface area contributed by atoms with Crippen LogP contribution < -0.4 is 5.43 Å². The second-order valence-corrected chi connectivity index (χ2v) is 10.6. The number of sulfone groups is 2. The van der Waals surface area contributed by atoms with E-state index < -0.39 is 41.5 Å². The Bertz CT molecular complexity index is 1400. The molecule has 1 N–H and O–H groups in total. The highest BCUT2D eigenvalue weighted by Crippen LogP contribution is 2.34. The van der Waals surface area contributed by atoms with Crippen molar-refractivity contribution in [3.8, 4) is 6.07 Å². The van der Waals surface area contributed by atoms with E-state index in [9.17, 15) is 26.9 Å². The molecule has 0 amide bonds. The fraction of sp³-hybridized carbons (Fsp3) is 0.111. The molecule has 0 saturated carbocycles. The van der Waals surface area contributed by atoms with Crippen LogP contribution in [0.2, 0.25) is 0 Å². The average molecular weight is 495 g/mol. The SMILES string of the molecule is COC(=O)c1scc(S(=O)(=O)Cc2ccco2)c1NN=C(C#N)S(=O)(=O)c1ccccn1. The zero-order chi connectivity index (χ0) is 23.4. The molecule has 0 aromatic carbocycles. The molecular weight excluding hydrogens is 480 g/mol. The van der Waals surface area contributed by atoms with Crippen molar-refractivity contribution in [2.45, 2.75) is 15.7 Å². The average Bonchev–Trinajstić information content (AvgIpc) is 3.44. The Morgan fingerprint density at radius 3 is 2.66 bits per heavy atom. The van der Waals surface area contributed by atoms with Gasteiger partial charge in [-0.05, 0) is 24.3 Å². The maximum absolute atomic E-state index is 12.9. The highest BCUT2D eigenvalue weighted by Gasteiger charge is 2.29. The molecule has 0 radical (unpaired) electrons. The topological polar surface area (TPSA) is 169 Å². The zero-order valence-corrected chi connectivity index (χ0v) is 18.7. The predicted octanol–water partition coefficient (Wildman–Crippen LogP) is 2.22. The molecule has 3 rings (SSSR count). The molecule has 14 heteroatoms. The number of furan rings is 1. The number of anilines is 1. The summed E-state index contributed by atoms with van der Waals surface area (Å²) < 4.78 is 60.7. The molecule has 0 bridgehead atoms. The van der Waals surface area contributed by atoms with Gasteiger partial charge >= 0.3 is 5.97 Å². The molecule has 0 saturated heterocycles. The Morgan fingerprint density at radius 2 is 2.06 bits per heavy atom. The maximum Gasteiger partial charge on any atom is 0.350 e. The van der Waals surface area contributed by atoms with E-state index in [0.29, 0.717) is 0 Å². The van der Waals surface area contributed by atoms with E-state index in [2.05, 4.69) is 20.2 Å². The standard InChI is InChI=1S/C18H14N4O7S3/c1-28-18(23)17-16(13(10-30-17)31(24,25)11-12-5-4-8-29-12)22-21-15(9-19)32(26,27)14-6-2-3-7-20-14/h2-8,10,22H,11H2,1H3. The van der Waals surface area contributed by atoms with Gasteiger partial charge in [-0.1, -0.05) is 6.07 Å². The van der Waals surface area contributed by atoms with Gasteiger partial charge in [0.2, 0.25) is 0 Å². The largest absolute Gasteiger partial charge is 0.468 e. The maximum atomic E-state index is 12.9. The van der Waals surface area contributed by atoms with Gasteiger partial charge in [0.15, 0.2) is 14.9 Å².